The van der Waals surface area contributed by atoms with Crippen molar-refractivity contribution in [2.24, 2.45) is 5.41 Å². The summed E-state index contributed by atoms with van der Waals surface area (Å²) in [6, 6.07) is 3.23. The molecule has 1 aromatic rings. The van der Waals surface area contributed by atoms with Crippen LogP contribution in [-0.2, 0) is 4.74 Å². The van der Waals surface area contributed by atoms with Crippen LogP contribution in [0.25, 0.3) is 0 Å². The Hall–Kier alpha value is -0.680. The van der Waals surface area contributed by atoms with Crippen LogP contribution in [-0.4, -0.2) is 25.2 Å². The fourth-order valence-corrected chi connectivity index (χ4v) is 2.69. The summed E-state index contributed by atoms with van der Waals surface area (Å²) in [6.45, 7) is 1.84. The molecule has 0 spiro atoms. The Balaban J connectivity index is 2.00. The summed E-state index contributed by atoms with van der Waals surface area (Å²) < 4.78 is 36.9. The summed E-state index contributed by atoms with van der Waals surface area (Å²) in [5.74, 6) is -1.01. The second-order valence-corrected chi connectivity index (χ2v) is 5.20. The highest BCUT2D eigenvalue weighted by atomic mass is 79.9. The predicted molar refractivity (Wildman–Crippen MR) is 68.1 cm³/mol. The number of ether oxygens (including phenoxy) is 2. The number of alkyl halides is 1. The molecule has 0 unspecified atom stereocenters. The third-order valence-corrected chi connectivity index (χ3v) is 4.41. The molecule has 100 valence electrons. The van der Waals surface area contributed by atoms with Gasteiger partial charge in [-0.25, -0.2) is 8.78 Å². The molecule has 0 saturated carbocycles. The molecule has 1 aromatic carbocycles. The topological polar surface area (TPSA) is 18.5 Å². The first-order valence-corrected chi connectivity index (χ1v) is 6.98. The largest absolute Gasteiger partial charge is 0.493 e. The van der Waals surface area contributed by atoms with Crippen molar-refractivity contribution in [2.75, 3.05) is 25.2 Å². The van der Waals surface area contributed by atoms with Crippen LogP contribution in [0.2, 0.25) is 0 Å². The van der Waals surface area contributed by atoms with Crippen molar-refractivity contribution in [3.63, 3.8) is 0 Å². The van der Waals surface area contributed by atoms with Gasteiger partial charge in [-0.1, -0.05) is 15.9 Å². The first kappa shape index (κ1) is 13.7. The van der Waals surface area contributed by atoms with Crippen molar-refractivity contribution in [3.8, 4) is 5.75 Å². The molecule has 0 bridgehead atoms. The van der Waals surface area contributed by atoms with E-state index in [0.29, 0.717) is 19.8 Å². The summed E-state index contributed by atoms with van der Waals surface area (Å²) in [7, 11) is 0. The van der Waals surface area contributed by atoms with E-state index in [1.165, 1.54) is 12.1 Å². The minimum absolute atomic E-state index is 0.0129. The molecule has 0 aliphatic carbocycles. The van der Waals surface area contributed by atoms with Crippen molar-refractivity contribution < 1.29 is 18.3 Å². The molecule has 0 amide bonds. The molecule has 5 heteroatoms. The lowest BCUT2D eigenvalue weighted by Crippen LogP contribution is -2.36. The maximum absolute atomic E-state index is 13.0. The van der Waals surface area contributed by atoms with Crippen molar-refractivity contribution in [2.45, 2.75) is 12.8 Å². The quantitative estimate of drug-likeness (QED) is 0.790. The van der Waals surface area contributed by atoms with Crippen molar-refractivity contribution in [1.29, 1.82) is 0 Å². The van der Waals surface area contributed by atoms with E-state index in [9.17, 15) is 8.78 Å². The third kappa shape index (κ3) is 3.42. The monoisotopic (exact) mass is 320 g/mol. The summed E-state index contributed by atoms with van der Waals surface area (Å²) in [6.07, 6.45) is 1.77. The molecule has 2 nitrogen and oxygen atoms in total. The third-order valence-electron chi connectivity index (χ3n) is 3.22. The van der Waals surface area contributed by atoms with Crippen LogP contribution in [0.15, 0.2) is 18.2 Å². The fourth-order valence-electron chi connectivity index (χ4n) is 1.97. The Morgan fingerprint density at radius 1 is 1.17 bits per heavy atom. The van der Waals surface area contributed by atoms with Gasteiger partial charge in [-0.3, -0.25) is 0 Å². The Kier molecular flexibility index (Phi) is 4.56. The highest BCUT2D eigenvalue weighted by Gasteiger charge is 2.32. The summed E-state index contributed by atoms with van der Waals surface area (Å²) in [5.41, 5.74) is -0.0129. The van der Waals surface area contributed by atoms with E-state index in [1.54, 1.807) is 0 Å². The summed E-state index contributed by atoms with van der Waals surface area (Å²) in [5, 5.41) is 0.793. The second kappa shape index (κ2) is 5.97. The van der Waals surface area contributed by atoms with Crippen LogP contribution in [0.4, 0.5) is 8.78 Å². The van der Waals surface area contributed by atoms with Gasteiger partial charge in [0.1, 0.15) is 17.4 Å². The van der Waals surface area contributed by atoms with Gasteiger partial charge in [0.05, 0.1) is 6.61 Å². The highest BCUT2D eigenvalue weighted by molar-refractivity contribution is 9.09. The van der Waals surface area contributed by atoms with E-state index >= 15 is 0 Å². The zero-order valence-corrected chi connectivity index (χ0v) is 11.5. The van der Waals surface area contributed by atoms with Gasteiger partial charge in [0.15, 0.2) is 0 Å². The van der Waals surface area contributed by atoms with E-state index in [2.05, 4.69) is 15.9 Å². The molecule has 2 rings (SSSR count). The standard InChI is InChI=1S/C13H15BrF2O2/c14-8-13(1-3-17-4-2-13)9-18-12-6-10(15)5-11(16)7-12/h5-7H,1-4,8-9H2. The van der Waals surface area contributed by atoms with Crippen molar-refractivity contribution in [3.05, 3.63) is 29.8 Å². The van der Waals surface area contributed by atoms with Gasteiger partial charge in [0, 0.05) is 42.2 Å². The van der Waals surface area contributed by atoms with Crippen molar-refractivity contribution >= 4 is 15.9 Å². The van der Waals surface area contributed by atoms with Gasteiger partial charge < -0.3 is 9.47 Å². The van der Waals surface area contributed by atoms with E-state index in [-0.39, 0.29) is 11.2 Å². The van der Waals surface area contributed by atoms with Crippen LogP contribution >= 0.6 is 15.9 Å². The number of hydrogen-bond acceptors (Lipinski definition) is 2. The van der Waals surface area contributed by atoms with Gasteiger partial charge in [-0.15, -0.1) is 0 Å². The predicted octanol–water partition coefficient (Wildman–Crippen LogP) is 3.54. The first-order valence-electron chi connectivity index (χ1n) is 5.86. The second-order valence-electron chi connectivity index (χ2n) is 4.64. The van der Waals surface area contributed by atoms with Gasteiger partial charge in [-0.05, 0) is 12.8 Å². The fraction of sp³-hybridized carbons (Fsp3) is 0.538. The van der Waals surface area contributed by atoms with Gasteiger partial charge >= 0.3 is 0 Å². The van der Waals surface area contributed by atoms with Crippen LogP contribution in [0, 0.1) is 17.0 Å². The van der Waals surface area contributed by atoms with Gasteiger partial charge in [0.25, 0.3) is 0 Å². The van der Waals surface area contributed by atoms with E-state index < -0.39 is 11.6 Å². The molecule has 0 N–H and O–H groups in total. The number of rotatable bonds is 4. The Bertz CT molecular complexity index is 386. The molecule has 1 aliphatic heterocycles. The van der Waals surface area contributed by atoms with Crippen LogP contribution in [0.1, 0.15) is 12.8 Å². The summed E-state index contributed by atoms with van der Waals surface area (Å²) in [4.78, 5) is 0. The van der Waals surface area contributed by atoms with Crippen LogP contribution < -0.4 is 4.74 Å². The Labute approximate surface area is 113 Å². The summed E-state index contributed by atoms with van der Waals surface area (Å²) >= 11 is 3.49. The molecule has 0 aromatic heterocycles. The average molecular weight is 321 g/mol. The zero-order chi connectivity index (χ0) is 13.0. The molecule has 1 aliphatic rings. The van der Waals surface area contributed by atoms with Crippen LogP contribution in [0.5, 0.6) is 5.75 Å². The SMILES string of the molecule is Fc1cc(F)cc(OCC2(CBr)CCOCC2)c1. The van der Waals surface area contributed by atoms with E-state index in [4.69, 9.17) is 9.47 Å². The highest BCUT2D eigenvalue weighted by Crippen LogP contribution is 2.33. The first-order chi connectivity index (χ1) is 8.63. The molecular weight excluding hydrogens is 306 g/mol. The Morgan fingerprint density at radius 2 is 1.78 bits per heavy atom. The normalized spacial score (nSPS) is 18.6. The molecule has 0 radical (unpaired) electrons. The van der Waals surface area contributed by atoms with E-state index in [0.717, 1.165) is 24.2 Å². The van der Waals surface area contributed by atoms with Gasteiger partial charge in [-0.2, -0.15) is 0 Å². The maximum Gasteiger partial charge on any atom is 0.129 e. The zero-order valence-electron chi connectivity index (χ0n) is 9.93. The van der Waals surface area contributed by atoms with Crippen LogP contribution in [0.3, 0.4) is 0 Å². The van der Waals surface area contributed by atoms with Gasteiger partial charge in [0.2, 0.25) is 0 Å². The number of hydrogen-bond donors (Lipinski definition) is 0. The average Bonchev–Trinajstić information content (AvgIpc) is 2.36. The van der Waals surface area contributed by atoms with Crippen molar-refractivity contribution in [1.82, 2.24) is 0 Å². The molecule has 18 heavy (non-hydrogen) atoms. The molecule has 1 heterocycles. The lowest BCUT2D eigenvalue weighted by molar-refractivity contribution is 0.00344. The lowest BCUT2D eigenvalue weighted by atomic mass is 9.83. The minimum atomic E-state index is -0.620. The number of halogens is 3. The molecule has 0 atom stereocenters. The Morgan fingerprint density at radius 3 is 2.33 bits per heavy atom. The minimum Gasteiger partial charge on any atom is -0.493 e. The lowest BCUT2D eigenvalue weighted by Gasteiger charge is -2.35. The molecule has 1 saturated heterocycles. The number of benzene rings is 1. The molecular formula is C13H15BrF2O2. The van der Waals surface area contributed by atoms with E-state index in [1.807, 2.05) is 0 Å². The maximum atomic E-state index is 13.0. The molecule has 1 fully saturated rings. The smallest absolute Gasteiger partial charge is 0.129 e.